The summed E-state index contributed by atoms with van der Waals surface area (Å²) in [4.78, 5) is 2.32. The third-order valence-electron chi connectivity index (χ3n) is 3.03. The van der Waals surface area contributed by atoms with Gasteiger partial charge in [-0.25, -0.2) is 0 Å². The molecule has 0 aliphatic rings. The van der Waals surface area contributed by atoms with Gasteiger partial charge in [-0.2, -0.15) is 0 Å². The van der Waals surface area contributed by atoms with Crippen LogP contribution in [-0.4, -0.2) is 57.6 Å². The first-order chi connectivity index (χ1) is 9.85. The summed E-state index contributed by atoms with van der Waals surface area (Å²) in [5.41, 5.74) is 0. The van der Waals surface area contributed by atoms with E-state index in [1.807, 2.05) is 0 Å². The number of hydrogen-bond donors (Lipinski definition) is 0. The van der Waals surface area contributed by atoms with Crippen molar-refractivity contribution in [2.24, 2.45) is 0 Å². The molecule has 0 aromatic heterocycles. The van der Waals surface area contributed by atoms with E-state index in [0.717, 1.165) is 58.9 Å². The fourth-order valence-corrected chi connectivity index (χ4v) is 1.68. The highest BCUT2D eigenvalue weighted by atomic mass is 16.5. The first-order valence-corrected chi connectivity index (χ1v) is 7.95. The van der Waals surface area contributed by atoms with E-state index in [-0.39, 0.29) is 0 Å². The molecule has 0 N–H and O–H groups in total. The number of nitrogens with zero attached hydrogens (tertiary/aromatic N) is 1. The number of hydrogen-bond acceptors (Lipinski definition) is 4. The van der Waals surface area contributed by atoms with E-state index < -0.39 is 0 Å². The highest BCUT2D eigenvalue weighted by molar-refractivity contribution is 4.59. The third kappa shape index (κ3) is 13.8. The van der Waals surface area contributed by atoms with Crippen molar-refractivity contribution >= 4 is 0 Å². The maximum Gasteiger partial charge on any atom is 0.0999 e. The van der Waals surface area contributed by atoms with Crippen LogP contribution in [0.25, 0.3) is 0 Å². The Hall–Kier alpha value is -0.580. The Bertz CT molecular complexity index is 186. The van der Waals surface area contributed by atoms with E-state index in [2.05, 4.69) is 25.3 Å². The average Bonchev–Trinajstić information content (AvgIpc) is 2.46. The van der Waals surface area contributed by atoms with E-state index in [9.17, 15) is 0 Å². The van der Waals surface area contributed by atoms with Gasteiger partial charge in [-0.3, -0.25) is 4.90 Å². The van der Waals surface area contributed by atoms with Gasteiger partial charge >= 0.3 is 0 Å². The second kappa shape index (κ2) is 16.5. The third-order valence-corrected chi connectivity index (χ3v) is 3.03. The Morgan fingerprint density at radius 2 is 1.30 bits per heavy atom. The molecule has 0 unspecified atom stereocenters. The first kappa shape index (κ1) is 19.4. The monoisotopic (exact) mass is 287 g/mol. The Balaban J connectivity index is 3.67. The maximum atomic E-state index is 5.61. The number of rotatable bonds is 16. The Labute approximate surface area is 125 Å². The average molecular weight is 287 g/mol. The molecule has 0 aromatic carbocycles. The lowest BCUT2D eigenvalue weighted by atomic mass is 10.4. The highest BCUT2D eigenvalue weighted by Crippen LogP contribution is 1.94. The van der Waals surface area contributed by atoms with E-state index in [4.69, 9.17) is 14.2 Å². The van der Waals surface area contributed by atoms with Gasteiger partial charge in [0.1, 0.15) is 0 Å². The van der Waals surface area contributed by atoms with Crippen LogP contribution >= 0.6 is 0 Å². The van der Waals surface area contributed by atoms with Crippen LogP contribution in [0.3, 0.4) is 0 Å². The highest BCUT2D eigenvalue weighted by Gasteiger charge is 2.04. The first-order valence-electron chi connectivity index (χ1n) is 7.95. The smallest absolute Gasteiger partial charge is 0.0999 e. The summed E-state index contributed by atoms with van der Waals surface area (Å²) in [7, 11) is 0. The van der Waals surface area contributed by atoms with Crippen molar-refractivity contribution in [3.05, 3.63) is 12.8 Å². The zero-order chi connectivity index (χ0) is 14.9. The SMILES string of the molecule is C=COCCN(CCOCCCC)CCOCCCC. The minimum atomic E-state index is 0.674. The van der Waals surface area contributed by atoms with Gasteiger partial charge in [-0.05, 0) is 12.8 Å². The van der Waals surface area contributed by atoms with Crippen molar-refractivity contribution in [1.29, 1.82) is 0 Å². The fraction of sp³-hybridized carbons (Fsp3) is 0.875. The summed E-state index contributed by atoms with van der Waals surface area (Å²) < 4.78 is 16.4. The summed E-state index contributed by atoms with van der Waals surface area (Å²) in [6.07, 6.45) is 6.14. The largest absolute Gasteiger partial charge is 0.500 e. The van der Waals surface area contributed by atoms with Crippen LogP contribution in [0, 0.1) is 0 Å². The fourth-order valence-electron chi connectivity index (χ4n) is 1.68. The van der Waals surface area contributed by atoms with Crippen molar-refractivity contribution < 1.29 is 14.2 Å². The summed E-state index contributed by atoms with van der Waals surface area (Å²) in [6.45, 7) is 14.6. The van der Waals surface area contributed by atoms with Gasteiger partial charge in [-0.15, -0.1) is 0 Å². The number of unbranched alkanes of at least 4 members (excludes halogenated alkanes) is 2. The van der Waals surface area contributed by atoms with Crippen LogP contribution < -0.4 is 0 Å². The normalized spacial score (nSPS) is 10.9. The molecule has 0 aliphatic heterocycles. The van der Waals surface area contributed by atoms with E-state index in [1.54, 1.807) is 0 Å². The van der Waals surface area contributed by atoms with Crippen LogP contribution in [0.1, 0.15) is 39.5 Å². The Morgan fingerprint density at radius 3 is 1.75 bits per heavy atom. The van der Waals surface area contributed by atoms with Gasteiger partial charge in [0, 0.05) is 32.8 Å². The topological polar surface area (TPSA) is 30.9 Å². The van der Waals surface area contributed by atoms with Gasteiger partial charge in [0.25, 0.3) is 0 Å². The molecule has 0 saturated heterocycles. The zero-order valence-corrected chi connectivity index (χ0v) is 13.4. The molecule has 0 fully saturated rings. The Morgan fingerprint density at radius 1 is 0.800 bits per heavy atom. The second-order valence-electron chi connectivity index (χ2n) is 4.81. The van der Waals surface area contributed by atoms with Crippen molar-refractivity contribution in [3.8, 4) is 0 Å². The molecule has 120 valence electrons. The lowest BCUT2D eigenvalue weighted by Crippen LogP contribution is -2.34. The van der Waals surface area contributed by atoms with E-state index >= 15 is 0 Å². The molecule has 0 saturated carbocycles. The molecule has 4 nitrogen and oxygen atoms in total. The predicted octanol–water partition coefficient (Wildman–Crippen LogP) is 3.08. The standard InChI is InChI=1S/C16H33NO3/c1-4-7-12-19-15-10-17(9-14-18-6-3)11-16-20-13-8-5-2/h6H,3-5,7-16H2,1-2H3. The molecular formula is C16H33NO3. The molecule has 0 rings (SSSR count). The minimum Gasteiger partial charge on any atom is -0.500 e. The molecule has 0 bridgehead atoms. The van der Waals surface area contributed by atoms with Gasteiger partial charge in [0.05, 0.1) is 26.1 Å². The molecule has 4 heteroatoms. The molecular weight excluding hydrogens is 254 g/mol. The van der Waals surface area contributed by atoms with Gasteiger partial charge in [0.2, 0.25) is 0 Å². The van der Waals surface area contributed by atoms with E-state index in [0.29, 0.717) is 6.61 Å². The lowest BCUT2D eigenvalue weighted by molar-refractivity contribution is 0.0641. The van der Waals surface area contributed by atoms with Crippen LogP contribution in [0.2, 0.25) is 0 Å². The lowest BCUT2D eigenvalue weighted by Gasteiger charge is -2.21. The van der Waals surface area contributed by atoms with Crippen molar-refractivity contribution in [2.45, 2.75) is 39.5 Å². The quantitative estimate of drug-likeness (QED) is 0.322. The summed E-state index contributed by atoms with van der Waals surface area (Å²) in [6, 6.07) is 0. The van der Waals surface area contributed by atoms with Gasteiger partial charge in [-0.1, -0.05) is 33.3 Å². The molecule has 0 radical (unpaired) electrons. The second-order valence-corrected chi connectivity index (χ2v) is 4.81. The molecule has 0 aromatic rings. The van der Waals surface area contributed by atoms with Crippen molar-refractivity contribution in [2.75, 3.05) is 52.7 Å². The van der Waals surface area contributed by atoms with Gasteiger partial charge in [0.15, 0.2) is 0 Å². The number of ether oxygens (including phenoxy) is 3. The molecule has 20 heavy (non-hydrogen) atoms. The van der Waals surface area contributed by atoms with Crippen LogP contribution in [-0.2, 0) is 14.2 Å². The zero-order valence-electron chi connectivity index (χ0n) is 13.4. The van der Waals surface area contributed by atoms with Crippen LogP contribution in [0.4, 0.5) is 0 Å². The molecule has 0 aliphatic carbocycles. The molecule has 0 amide bonds. The predicted molar refractivity (Wildman–Crippen MR) is 84.0 cm³/mol. The Kier molecular flexibility index (Phi) is 16.0. The summed E-state index contributed by atoms with van der Waals surface area (Å²) in [5, 5.41) is 0. The van der Waals surface area contributed by atoms with Crippen LogP contribution in [0.15, 0.2) is 12.8 Å². The summed E-state index contributed by atoms with van der Waals surface area (Å²) in [5.74, 6) is 0. The molecule has 0 heterocycles. The van der Waals surface area contributed by atoms with Crippen LogP contribution in [0.5, 0.6) is 0 Å². The molecule has 0 spiro atoms. The van der Waals surface area contributed by atoms with Crippen molar-refractivity contribution in [1.82, 2.24) is 4.90 Å². The maximum absolute atomic E-state index is 5.61. The van der Waals surface area contributed by atoms with Crippen molar-refractivity contribution in [3.63, 3.8) is 0 Å². The van der Waals surface area contributed by atoms with E-state index in [1.165, 1.54) is 19.1 Å². The van der Waals surface area contributed by atoms with Gasteiger partial charge < -0.3 is 14.2 Å². The molecule has 0 atom stereocenters. The summed E-state index contributed by atoms with van der Waals surface area (Å²) >= 11 is 0. The minimum absolute atomic E-state index is 0.674.